The second kappa shape index (κ2) is 10.7. The number of hydrogen-bond acceptors (Lipinski definition) is 2. The van der Waals surface area contributed by atoms with Gasteiger partial charge in [-0.05, 0) is 19.4 Å². The van der Waals surface area contributed by atoms with E-state index in [2.05, 4.69) is 6.92 Å². The van der Waals surface area contributed by atoms with Crippen molar-refractivity contribution in [2.24, 2.45) is 0 Å². The zero-order chi connectivity index (χ0) is 14.6. The van der Waals surface area contributed by atoms with Crippen LogP contribution in [0.2, 0.25) is 0 Å². The van der Waals surface area contributed by atoms with E-state index in [1.165, 1.54) is 38.5 Å². The maximum Gasteiger partial charge on any atom is 0.125 e. The van der Waals surface area contributed by atoms with E-state index in [-0.39, 0.29) is 0 Å². The highest BCUT2D eigenvalue weighted by Gasteiger charge is 2.12. The van der Waals surface area contributed by atoms with Gasteiger partial charge in [-0.1, -0.05) is 70.1 Å². The van der Waals surface area contributed by atoms with Gasteiger partial charge < -0.3 is 9.84 Å². The van der Waals surface area contributed by atoms with Crippen molar-refractivity contribution in [2.45, 2.75) is 71.3 Å². The zero-order valence-corrected chi connectivity index (χ0v) is 13.1. The molecule has 0 aliphatic rings. The summed E-state index contributed by atoms with van der Waals surface area (Å²) in [5, 5.41) is 10.3. The van der Waals surface area contributed by atoms with Gasteiger partial charge in [-0.3, -0.25) is 0 Å². The molecule has 0 bridgehead atoms. The number of ether oxygens (including phenoxy) is 1. The topological polar surface area (TPSA) is 29.5 Å². The van der Waals surface area contributed by atoms with Crippen LogP contribution in [0.4, 0.5) is 0 Å². The molecule has 1 atom stereocenters. The summed E-state index contributed by atoms with van der Waals surface area (Å²) in [7, 11) is 0. The Hall–Kier alpha value is -1.02. The molecule has 1 aromatic carbocycles. The molecule has 0 aromatic heterocycles. The molecule has 1 N–H and O–H groups in total. The van der Waals surface area contributed by atoms with Crippen LogP contribution in [0.5, 0.6) is 5.75 Å². The second-order valence-electron chi connectivity index (χ2n) is 5.40. The number of aliphatic hydroxyl groups is 1. The van der Waals surface area contributed by atoms with Crippen molar-refractivity contribution in [3.05, 3.63) is 29.8 Å². The highest BCUT2D eigenvalue weighted by molar-refractivity contribution is 5.34. The summed E-state index contributed by atoms with van der Waals surface area (Å²) in [4.78, 5) is 0. The summed E-state index contributed by atoms with van der Waals surface area (Å²) in [6.07, 6.45) is 9.37. The van der Waals surface area contributed by atoms with Crippen LogP contribution in [-0.4, -0.2) is 11.7 Å². The standard InChI is InChI=1S/C18H30O2/c1-3-5-6-7-8-9-10-14-17(19)16-13-11-12-15-18(16)20-4-2/h11-13,15,17,19H,3-10,14H2,1-2H3. The largest absolute Gasteiger partial charge is 0.493 e. The summed E-state index contributed by atoms with van der Waals surface area (Å²) in [6.45, 7) is 4.85. The first-order chi connectivity index (χ1) is 9.79. The van der Waals surface area contributed by atoms with Gasteiger partial charge in [-0.15, -0.1) is 0 Å². The minimum atomic E-state index is -0.395. The van der Waals surface area contributed by atoms with E-state index < -0.39 is 6.10 Å². The van der Waals surface area contributed by atoms with Crippen LogP contribution in [0, 0.1) is 0 Å². The highest BCUT2D eigenvalue weighted by Crippen LogP contribution is 2.28. The van der Waals surface area contributed by atoms with Crippen molar-refractivity contribution in [3.8, 4) is 5.75 Å². The Morgan fingerprint density at radius 1 is 0.950 bits per heavy atom. The molecular weight excluding hydrogens is 248 g/mol. The van der Waals surface area contributed by atoms with E-state index in [1.807, 2.05) is 31.2 Å². The van der Waals surface area contributed by atoms with Gasteiger partial charge in [0, 0.05) is 5.56 Å². The van der Waals surface area contributed by atoms with Gasteiger partial charge in [0.15, 0.2) is 0 Å². The van der Waals surface area contributed by atoms with Crippen molar-refractivity contribution in [1.82, 2.24) is 0 Å². The number of hydrogen-bond donors (Lipinski definition) is 1. The Labute approximate surface area is 124 Å². The highest BCUT2D eigenvalue weighted by atomic mass is 16.5. The minimum absolute atomic E-state index is 0.395. The summed E-state index contributed by atoms with van der Waals surface area (Å²) < 4.78 is 5.57. The van der Waals surface area contributed by atoms with Gasteiger partial charge in [0.1, 0.15) is 5.75 Å². The van der Waals surface area contributed by atoms with Crippen LogP contribution >= 0.6 is 0 Å². The molecule has 0 aliphatic carbocycles. The number of para-hydroxylation sites is 1. The Morgan fingerprint density at radius 3 is 2.30 bits per heavy atom. The summed E-state index contributed by atoms with van der Waals surface area (Å²) in [6, 6.07) is 7.82. The van der Waals surface area contributed by atoms with Crippen LogP contribution in [0.15, 0.2) is 24.3 Å². The SMILES string of the molecule is CCCCCCCCCC(O)c1ccccc1OCC. The van der Waals surface area contributed by atoms with E-state index in [0.29, 0.717) is 6.61 Å². The van der Waals surface area contributed by atoms with Crippen LogP contribution in [0.1, 0.15) is 76.9 Å². The van der Waals surface area contributed by atoms with Gasteiger partial charge in [-0.2, -0.15) is 0 Å². The molecule has 1 rings (SSSR count). The molecule has 20 heavy (non-hydrogen) atoms. The van der Waals surface area contributed by atoms with Crippen LogP contribution < -0.4 is 4.74 Å². The Morgan fingerprint density at radius 2 is 1.60 bits per heavy atom. The average Bonchev–Trinajstić information content (AvgIpc) is 2.47. The normalized spacial score (nSPS) is 12.3. The molecule has 0 radical (unpaired) electrons. The summed E-state index contributed by atoms with van der Waals surface area (Å²) >= 11 is 0. The summed E-state index contributed by atoms with van der Waals surface area (Å²) in [5.41, 5.74) is 0.931. The molecule has 0 fully saturated rings. The lowest BCUT2D eigenvalue weighted by molar-refractivity contribution is 0.158. The molecule has 0 amide bonds. The fourth-order valence-electron chi connectivity index (χ4n) is 2.49. The summed E-state index contributed by atoms with van der Waals surface area (Å²) in [5.74, 6) is 0.824. The van der Waals surface area contributed by atoms with Gasteiger partial charge in [0.05, 0.1) is 12.7 Å². The zero-order valence-electron chi connectivity index (χ0n) is 13.1. The van der Waals surface area contributed by atoms with E-state index >= 15 is 0 Å². The van der Waals surface area contributed by atoms with Crippen molar-refractivity contribution >= 4 is 0 Å². The van der Waals surface area contributed by atoms with Gasteiger partial charge in [0.25, 0.3) is 0 Å². The molecule has 114 valence electrons. The lowest BCUT2D eigenvalue weighted by Crippen LogP contribution is -2.02. The third-order valence-electron chi connectivity index (χ3n) is 3.66. The van der Waals surface area contributed by atoms with E-state index in [9.17, 15) is 5.11 Å². The molecule has 2 heteroatoms. The second-order valence-corrected chi connectivity index (χ2v) is 5.40. The van der Waals surface area contributed by atoms with Crippen molar-refractivity contribution in [1.29, 1.82) is 0 Å². The lowest BCUT2D eigenvalue weighted by Gasteiger charge is -2.15. The van der Waals surface area contributed by atoms with E-state index in [4.69, 9.17) is 4.74 Å². The first-order valence-corrected chi connectivity index (χ1v) is 8.19. The third kappa shape index (κ3) is 6.42. The molecule has 2 nitrogen and oxygen atoms in total. The maximum atomic E-state index is 10.3. The fourth-order valence-corrected chi connectivity index (χ4v) is 2.49. The number of benzene rings is 1. The van der Waals surface area contributed by atoms with Gasteiger partial charge >= 0.3 is 0 Å². The smallest absolute Gasteiger partial charge is 0.125 e. The van der Waals surface area contributed by atoms with Crippen LogP contribution in [-0.2, 0) is 0 Å². The van der Waals surface area contributed by atoms with Gasteiger partial charge in [0.2, 0.25) is 0 Å². The molecule has 1 aromatic rings. The van der Waals surface area contributed by atoms with Crippen LogP contribution in [0.3, 0.4) is 0 Å². The van der Waals surface area contributed by atoms with E-state index in [1.54, 1.807) is 0 Å². The Kier molecular flexibility index (Phi) is 9.14. The van der Waals surface area contributed by atoms with Crippen molar-refractivity contribution < 1.29 is 9.84 Å². The van der Waals surface area contributed by atoms with Crippen molar-refractivity contribution in [2.75, 3.05) is 6.61 Å². The first-order valence-electron chi connectivity index (χ1n) is 8.19. The predicted octanol–water partition coefficient (Wildman–Crippen LogP) is 5.26. The monoisotopic (exact) mass is 278 g/mol. The minimum Gasteiger partial charge on any atom is -0.493 e. The number of rotatable bonds is 11. The third-order valence-corrected chi connectivity index (χ3v) is 3.66. The Balaban J connectivity index is 2.27. The number of unbranched alkanes of at least 4 members (excludes halogenated alkanes) is 6. The molecule has 0 saturated heterocycles. The molecule has 1 unspecified atom stereocenters. The first kappa shape index (κ1) is 17.0. The fraction of sp³-hybridized carbons (Fsp3) is 0.667. The van der Waals surface area contributed by atoms with Crippen LogP contribution in [0.25, 0.3) is 0 Å². The predicted molar refractivity (Wildman–Crippen MR) is 85.2 cm³/mol. The molecule has 0 saturated carbocycles. The molecule has 0 heterocycles. The molecule has 0 spiro atoms. The average molecular weight is 278 g/mol. The maximum absolute atomic E-state index is 10.3. The molecule has 0 aliphatic heterocycles. The molecular formula is C18H30O2. The lowest BCUT2D eigenvalue weighted by atomic mass is 10.0. The van der Waals surface area contributed by atoms with Gasteiger partial charge in [-0.25, -0.2) is 0 Å². The number of aliphatic hydroxyl groups excluding tert-OH is 1. The van der Waals surface area contributed by atoms with E-state index in [0.717, 1.165) is 24.2 Å². The quantitative estimate of drug-likeness (QED) is 0.559. The van der Waals surface area contributed by atoms with Crippen molar-refractivity contribution in [3.63, 3.8) is 0 Å². The Bertz CT molecular complexity index is 349.